The van der Waals surface area contributed by atoms with Crippen LogP contribution in [0.4, 0.5) is 5.13 Å². The number of carboxylic acid groups (broad SMARTS) is 1. The van der Waals surface area contributed by atoms with Gasteiger partial charge in [0.2, 0.25) is 11.0 Å². The van der Waals surface area contributed by atoms with Crippen molar-refractivity contribution >= 4 is 69.1 Å². The van der Waals surface area contributed by atoms with Crippen molar-refractivity contribution in [1.82, 2.24) is 10.2 Å². The molecule has 0 atom stereocenters. The van der Waals surface area contributed by atoms with Crippen LogP contribution in [0.5, 0.6) is 0 Å². The number of hydrogen-bond donors (Lipinski definition) is 2. The van der Waals surface area contributed by atoms with Crippen molar-refractivity contribution in [2.24, 2.45) is 0 Å². The number of halogens is 1. The number of thioether (sulfide) groups is 1. The molecule has 6 nitrogen and oxygen atoms in total. The summed E-state index contributed by atoms with van der Waals surface area (Å²) in [6.07, 6.45) is 3.01. The molecule has 1 amide bonds. The van der Waals surface area contributed by atoms with Crippen LogP contribution in [0, 0.1) is 0 Å². The second-order valence-corrected chi connectivity index (χ2v) is 7.47. The summed E-state index contributed by atoms with van der Waals surface area (Å²) < 4.78 is 1.14. The van der Waals surface area contributed by atoms with E-state index in [1.807, 2.05) is 6.07 Å². The first kappa shape index (κ1) is 16.0. The molecule has 0 radical (unpaired) electrons. The number of carboxylic acids is 1. The van der Waals surface area contributed by atoms with E-state index in [0.717, 1.165) is 28.0 Å². The molecule has 2 aromatic rings. The van der Waals surface area contributed by atoms with E-state index in [4.69, 9.17) is 16.7 Å². The Kier molecular flexibility index (Phi) is 5.74. The van der Waals surface area contributed by atoms with Crippen molar-refractivity contribution in [1.29, 1.82) is 0 Å². The van der Waals surface area contributed by atoms with Gasteiger partial charge in [0.15, 0.2) is 4.34 Å². The van der Waals surface area contributed by atoms with Crippen LogP contribution in [0.15, 0.2) is 22.5 Å². The van der Waals surface area contributed by atoms with Crippen LogP contribution in [-0.2, 0) is 9.59 Å². The highest BCUT2D eigenvalue weighted by atomic mass is 35.5. The predicted octanol–water partition coefficient (Wildman–Crippen LogP) is 3.08. The summed E-state index contributed by atoms with van der Waals surface area (Å²) in [5.41, 5.74) is 0. The Morgan fingerprint density at radius 2 is 2.19 bits per heavy atom. The Morgan fingerprint density at radius 3 is 2.86 bits per heavy atom. The zero-order valence-corrected chi connectivity index (χ0v) is 13.5. The van der Waals surface area contributed by atoms with Gasteiger partial charge in [-0.3, -0.25) is 14.9 Å². The molecule has 2 rings (SSSR count). The van der Waals surface area contributed by atoms with Crippen LogP contribution < -0.4 is 5.32 Å². The monoisotopic (exact) mass is 361 g/mol. The van der Waals surface area contributed by atoms with Gasteiger partial charge >= 0.3 is 5.97 Å². The van der Waals surface area contributed by atoms with Crippen LogP contribution in [-0.4, -0.2) is 32.9 Å². The third kappa shape index (κ3) is 5.46. The van der Waals surface area contributed by atoms with E-state index in [0.29, 0.717) is 13.8 Å². The Hall–Kier alpha value is -1.42. The lowest BCUT2D eigenvalue weighted by Gasteiger charge is -1.93. The second-order valence-electron chi connectivity index (χ2n) is 3.52. The molecule has 2 heterocycles. The molecule has 10 heteroatoms. The molecule has 0 aliphatic carbocycles. The molecule has 2 aromatic heterocycles. The fourth-order valence-electron chi connectivity index (χ4n) is 1.16. The van der Waals surface area contributed by atoms with Crippen molar-refractivity contribution in [2.75, 3.05) is 11.1 Å². The van der Waals surface area contributed by atoms with Crippen molar-refractivity contribution in [3.8, 4) is 0 Å². The lowest BCUT2D eigenvalue weighted by Crippen LogP contribution is -2.07. The van der Waals surface area contributed by atoms with Crippen molar-refractivity contribution < 1.29 is 14.7 Å². The lowest BCUT2D eigenvalue weighted by atomic mass is 10.4. The fraction of sp³-hybridized carbons (Fsp3) is 0.0909. The van der Waals surface area contributed by atoms with Gasteiger partial charge in [0.25, 0.3) is 0 Å². The molecule has 0 aliphatic rings. The highest BCUT2D eigenvalue weighted by Gasteiger charge is 2.08. The van der Waals surface area contributed by atoms with Gasteiger partial charge in [-0.1, -0.05) is 34.7 Å². The highest BCUT2D eigenvalue weighted by Crippen LogP contribution is 2.25. The third-order valence-corrected chi connectivity index (χ3v) is 5.10. The van der Waals surface area contributed by atoms with Crippen LogP contribution >= 0.6 is 46.0 Å². The summed E-state index contributed by atoms with van der Waals surface area (Å²) in [5.74, 6) is -1.37. The standard InChI is InChI=1S/C11H8ClN3O3S3/c12-7-3-1-6(20-7)2-4-8(16)13-10-14-15-11(21-10)19-5-9(17)18/h1-4H,5H2,(H,17,18)(H,13,14,16)/b4-2+. The van der Waals surface area contributed by atoms with Gasteiger partial charge in [0.1, 0.15) is 0 Å². The maximum Gasteiger partial charge on any atom is 0.313 e. The summed E-state index contributed by atoms with van der Waals surface area (Å²) in [4.78, 5) is 23.0. The average Bonchev–Trinajstić information content (AvgIpc) is 3.03. The summed E-state index contributed by atoms with van der Waals surface area (Å²) in [5, 5.41) is 19.0. The molecule has 2 N–H and O–H groups in total. The number of carbonyl (C=O) groups is 2. The summed E-state index contributed by atoms with van der Waals surface area (Å²) in [6.45, 7) is 0. The zero-order valence-electron chi connectivity index (χ0n) is 10.3. The van der Waals surface area contributed by atoms with Crippen LogP contribution in [0.3, 0.4) is 0 Å². The summed E-state index contributed by atoms with van der Waals surface area (Å²) in [6, 6.07) is 3.56. The number of nitrogens with zero attached hydrogens (tertiary/aromatic N) is 2. The average molecular weight is 362 g/mol. The number of amides is 1. The highest BCUT2D eigenvalue weighted by molar-refractivity contribution is 8.01. The second kappa shape index (κ2) is 7.55. The first-order valence-electron chi connectivity index (χ1n) is 5.45. The van der Waals surface area contributed by atoms with E-state index in [9.17, 15) is 9.59 Å². The Bertz CT molecular complexity index is 683. The first-order chi connectivity index (χ1) is 10.0. The van der Waals surface area contributed by atoms with Gasteiger partial charge in [-0.25, -0.2) is 0 Å². The van der Waals surface area contributed by atoms with Gasteiger partial charge in [-0.05, 0) is 18.2 Å². The fourth-order valence-corrected chi connectivity index (χ4v) is 3.60. The minimum absolute atomic E-state index is 0.0956. The van der Waals surface area contributed by atoms with E-state index in [1.54, 1.807) is 12.1 Å². The lowest BCUT2D eigenvalue weighted by molar-refractivity contribution is -0.133. The molecule has 0 fully saturated rings. The number of carbonyl (C=O) groups excluding carboxylic acids is 1. The molecule has 0 unspecified atom stereocenters. The van der Waals surface area contributed by atoms with Gasteiger partial charge in [-0.2, -0.15) is 0 Å². The zero-order chi connectivity index (χ0) is 15.2. The van der Waals surface area contributed by atoms with Gasteiger partial charge in [0.05, 0.1) is 10.1 Å². The quantitative estimate of drug-likeness (QED) is 0.466. The van der Waals surface area contributed by atoms with Crippen LogP contribution in [0.1, 0.15) is 4.88 Å². The molecule has 0 saturated heterocycles. The Balaban J connectivity index is 1.87. The van der Waals surface area contributed by atoms with Crippen molar-refractivity contribution in [3.05, 3.63) is 27.4 Å². The molecule has 0 saturated carbocycles. The van der Waals surface area contributed by atoms with E-state index in [-0.39, 0.29) is 11.7 Å². The summed E-state index contributed by atoms with van der Waals surface area (Å²) in [7, 11) is 0. The first-order valence-corrected chi connectivity index (χ1v) is 8.45. The molecule has 110 valence electrons. The van der Waals surface area contributed by atoms with Crippen molar-refractivity contribution in [3.63, 3.8) is 0 Å². The summed E-state index contributed by atoms with van der Waals surface area (Å²) >= 11 is 9.32. The van der Waals surface area contributed by atoms with Gasteiger partial charge in [-0.15, -0.1) is 21.5 Å². The molecular formula is C11H8ClN3O3S3. The molecule has 0 aromatic carbocycles. The molecule has 0 spiro atoms. The number of hydrogen-bond acceptors (Lipinski definition) is 7. The molecule has 0 bridgehead atoms. The topological polar surface area (TPSA) is 92.2 Å². The van der Waals surface area contributed by atoms with Crippen molar-refractivity contribution in [2.45, 2.75) is 4.34 Å². The number of thiophene rings is 1. The normalized spacial score (nSPS) is 10.9. The Morgan fingerprint density at radius 1 is 1.38 bits per heavy atom. The van der Waals surface area contributed by atoms with E-state index in [2.05, 4.69) is 15.5 Å². The van der Waals surface area contributed by atoms with Gasteiger partial charge in [0, 0.05) is 11.0 Å². The number of aromatic nitrogens is 2. The Labute approximate surface area is 136 Å². The van der Waals surface area contributed by atoms with Crippen LogP contribution in [0.2, 0.25) is 4.34 Å². The smallest absolute Gasteiger partial charge is 0.313 e. The number of aliphatic carboxylic acids is 1. The molecular weight excluding hydrogens is 354 g/mol. The molecule has 21 heavy (non-hydrogen) atoms. The largest absolute Gasteiger partial charge is 0.481 e. The molecule has 0 aliphatic heterocycles. The number of rotatable bonds is 6. The van der Waals surface area contributed by atoms with E-state index >= 15 is 0 Å². The number of nitrogens with one attached hydrogen (secondary N) is 1. The minimum atomic E-state index is -0.932. The maximum absolute atomic E-state index is 11.7. The third-order valence-electron chi connectivity index (χ3n) is 1.95. The van der Waals surface area contributed by atoms with E-state index in [1.165, 1.54) is 17.4 Å². The van der Waals surface area contributed by atoms with Crippen LogP contribution in [0.25, 0.3) is 6.08 Å². The maximum atomic E-state index is 11.7. The predicted molar refractivity (Wildman–Crippen MR) is 85.3 cm³/mol. The van der Waals surface area contributed by atoms with Gasteiger partial charge < -0.3 is 5.11 Å². The number of anilines is 1. The minimum Gasteiger partial charge on any atom is -0.481 e. The SMILES string of the molecule is O=C(O)CSc1nnc(NC(=O)/C=C/c2ccc(Cl)s2)s1. The van der Waals surface area contributed by atoms with E-state index < -0.39 is 5.97 Å².